The molecule has 6 unspecified atom stereocenters. The maximum Gasteiger partial charge on any atom is 0.272 e. The van der Waals surface area contributed by atoms with Gasteiger partial charge in [0.2, 0.25) is 27.7 Å². The Bertz CT molecular complexity index is 2250. The molecule has 1 aliphatic heterocycles. The monoisotopic (exact) mass is 905 g/mol. The molecule has 3 aromatic rings. The number of fused-ring (bicyclic) bond motifs is 1. The summed E-state index contributed by atoms with van der Waals surface area (Å²) in [6.45, 7) is 4.68. The maximum atomic E-state index is 14.7. The molecule has 2 aromatic heterocycles. The summed E-state index contributed by atoms with van der Waals surface area (Å²) in [4.78, 5) is 46.2. The summed E-state index contributed by atoms with van der Waals surface area (Å²) in [7, 11) is -2.24. The molecule has 20 heteroatoms. The number of pyridine rings is 1. The Hall–Kier alpha value is -4.95. The van der Waals surface area contributed by atoms with Gasteiger partial charge in [-0.15, -0.1) is 0 Å². The summed E-state index contributed by atoms with van der Waals surface area (Å²) in [5.41, 5.74) is 5.87. The van der Waals surface area contributed by atoms with Gasteiger partial charge in [-0.25, -0.2) is 26.6 Å². The Labute approximate surface area is 365 Å². The number of aliphatic hydroxyl groups is 1. The molecule has 3 aliphatic rings. The molecule has 0 bridgehead atoms. The first-order valence-electron chi connectivity index (χ1n) is 21.4. The largest absolute Gasteiger partial charge is 0.492 e. The molecule has 2 aliphatic carbocycles. The molecule has 63 heavy (non-hydrogen) atoms. The van der Waals surface area contributed by atoms with Gasteiger partial charge in [-0.2, -0.15) is 9.82 Å². The molecule has 3 heterocycles. The minimum atomic E-state index is -3.57. The van der Waals surface area contributed by atoms with E-state index in [2.05, 4.69) is 20.1 Å². The fourth-order valence-corrected chi connectivity index (χ4v) is 9.29. The topological polar surface area (TPSA) is 217 Å². The zero-order chi connectivity index (χ0) is 45.6. The van der Waals surface area contributed by atoms with Crippen LogP contribution >= 0.6 is 0 Å². The van der Waals surface area contributed by atoms with Crippen LogP contribution in [0.5, 0.6) is 17.4 Å². The van der Waals surface area contributed by atoms with Gasteiger partial charge < -0.3 is 35.3 Å². The molecule has 3 amide bonds. The van der Waals surface area contributed by atoms with Crippen molar-refractivity contribution in [2.75, 3.05) is 20.3 Å². The number of hydrogen-bond acceptors (Lipinski definition) is 11. The van der Waals surface area contributed by atoms with Crippen LogP contribution in [-0.4, -0.2) is 107 Å². The zero-order valence-corrected chi connectivity index (χ0v) is 36.8. The van der Waals surface area contributed by atoms with Crippen molar-refractivity contribution < 1.29 is 55.3 Å². The van der Waals surface area contributed by atoms with E-state index in [1.165, 1.54) is 36.4 Å². The summed E-state index contributed by atoms with van der Waals surface area (Å²) in [5, 5.41) is 17.6. The van der Waals surface area contributed by atoms with Gasteiger partial charge in [-0.1, -0.05) is 31.4 Å². The molecule has 3 fully saturated rings. The third kappa shape index (κ3) is 12.0. The number of nitrogens with zero attached hydrogens (tertiary/aromatic N) is 4. The maximum absolute atomic E-state index is 14.7. The molecule has 0 spiro atoms. The molecule has 1 aromatic carbocycles. The van der Waals surface area contributed by atoms with Gasteiger partial charge in [0, 0.05) is 36.0 Å². The number of likely N-dealkylation sites (tertiary alicyclic amines) is 1. The van der Waals surface area contributed by atoms with Crippen LogP contribution in [0.1, 0.15) is 95.5 Å². The van der Waals surface area contributed by atoms with E-state index < -0.39 is 69.6 Å². The zero-order valence-electron chi connectivity index (χ0n) is 36.0. The van der Waals surface area contributed by atoms with Gasteiger partial charge in [0.25, 0.3) is 12.3 Å². The van der Waals surface area contributed by atoms with E-state index in [0.29, 0.717) is 43.2 Å². The van der Waals surface area contributed by atoms with Gasteiger partial charge >= 0.3 is 0 Å². The van der Waals surface area contributed by atoms with Gasteiger partial charge in [-0.05, 0) is 89.8 Å². The number of rotatable bonds is 24. The number of benzene rings is 1. The predicted molar refractivity (Wildman–Crippen MR) is 226 cm³/mol. The third-order valence-electron chi connectivity index (χ3n) is 11.8. The van der Waals surface area contributed by atoms with E-state index in [-0.39, 0.29) is 72.7 Å². The number of aromatic nitrogens is 3. The van der Waals surface area contributed by atoms with Crippen molar-refractivity contribution in [1.82, 2.24) is 29.7 Å². The Balaban J connectivity index is 1.06. The lowest BCUT2D eigenvalue weighted by atomic mass is 10.0. The Morgan fingerprint density at radius 2 is 1.86 bits per heavy atom. The van der Waals surface area contributed by atoms with Crippen molar-refractivity contribution >= 4 is 38.6 Å². The molecular formula is C43H58F3N7O9S. The number of nitrogens with one attached hydrogen (secondary N) is 2. The van der Waals surface area contributed by atoms with Gasteiger partial charge in [0.05, 0.1) is 24.6 Å². The lowest BCUT2D eigenvalue weighted by Gasteiger charge is -2.28. The normalized spacial score (nSPS) is 21.5. The van der Waals surface area contributed by atoms with Crippen LogP contribution in [0.25, 0.3) is 10.9 Å². The first-order valence-corrected chi connectivity index (χ1v) is 22.9. The molecule has 6 rings (SSSR count). The molecule has 346 valence electrons. The lowest BCUT2D eigenvalue weighted by molar-refractivity contribution is -0.139. The molecule has 6 atom stereocenters. The second-order valence-electron chi connectivity index (χ2n) is 17.3. The van der Waals surface area contributed by atoms with Crippen LogP contribution in [0, 0.1) is 23.6 Å². The van der Waals surface area contributed by atoms with E-state index in [0.717, 1.165) is 23.9 Å². The molecule has 5 N–H and O–H groups in total. The number of unbranched alkanes of at least 4 members (excludes halogenated alkanes) is 4. The number of amides is 3. The van der Waals surface area contributed by atoms with Crippen LogP contribution in [0.2, 0.25) is 0 Å². The SMILES string of the molecule is COc1c(F)ccc2c(OCC3CC(C(N)=O)N(C(=O)C(CCCCCC/C=C\C4CC4C(O)NS(=O)(=O)C4(C)CC4)NC(=O)c4ccn(CC(F)F)n4)C3)cc(OC(C)C)nc12. The Kier molecular flexibility index (Phi) is 15.3. The molecule has 1 saturated heterocycles. The first kappa shape index (κ1) is 47.5. The summed E-state index contributed by atoms with van der Waals surface area (Å²) >= 11 is 0. The van der Waals surface area contributed by atoms with E-state index in [1.54, 1.807) is 13.0 Å². The number of allylic oxidation sites excluding steroid dienone is 2. The van der Waals surface area contributed by atoms with Gasteiger partial charge in [-0.3, -0.25) is 19.1 Å². The van der Waals surface area contributed by atoms with Crippen LogP contribution < -0.4 is 30.0 Å². The number of ether oxygens (including phenoxy) is 3. The molecule has 0 radical (unpaired) electrons. The number of carbonyl (C=O) groups is 3. The summed E-state index contributed by atoms with van der Waals surface area (Å²) in [6.07, 6.45) is 7.07. The van der Waals surface area contributed by atoms with E-state index in [1.807, 2.05) is 26.0 Å². The van der Waals surface area contributed by atoms with E-state index in [9.17, 15) is 41.1 Å². The van der Waals surface area contributed by atoms with Crippen molar-refractivity contribution in [1.29, 1.82) is 0 Å². The third-order valence-corrected chi connectivity index (χ3v) is 14.1. The molecule has 16 nitrogen and oxygen atoms in total. The minimum Gasteiger partial charge on any atom is -0.492 e. The van der Waals surface area contributed by atoms with Crippen molar-refractivity contribution in [3.63, 3.8) is 0 Å². The van der Waals surface area contributed by atoms with Crippen LogP contribution in [0.15, 0.2) is 42.6 Å². The number of methoxy groups -OCH3 is 1. The number of halogens is 3. The minimum absolute atomic E-state index is 0.0286. The van der Waals surface area contributed by atoms with E-state index >= 15 is 0 Å². The highest BCUT2D eigenvalue weighted by Gasteiger charge is 2.52. The predicted octanol–water partition coefficient (Wildman–Crippen LogP) is 4.83. The van der Waals surface area contributed by atoms with Crippen LogP contribution in [0.3, 0.4) is 0 Å². The van der Waals surface area contributed by atoms with Crippen LogP contribution in [-0.2, 0) is 26.2 Å². The lowest BCUT2D eigenvalue weighted by Crippen LogP contribution is -2.53. The highest BCUT2D eigenvalue weighted by molar-refractivity contribution is 7.91. The Morgan fingerprint density at radius 3 is 2.54 bits per heavy atom. The van der Waals surface area contributed by atoms with Crippen molar-refractivity contribution in [3.8, 4) is 17.4 Å². The highest BCUT2D eigenvalue weighted by Crippen LogP contribution is 2.45. The average molecular weight is 906 g/mol. The smallest absolute Gasteiger partial charge is 0.272 e. The number of hydrogen-bond donors (Lipinski definition) is 4. The second-order valence-corrected chi connectivity index (χ2v) is 19.5. The van der Waals surface area contributed by atoms with Gasteiger partial charge in [0.15, 0.2) is 11.6 Å². The van der Waals surface area contributed by atoms with Crippen molar-refractivity contribution in [2.45, 2.75) is 127 Å². The average Bonchev–Trinajstić information content (AvgIpc) is 4.07. The van der Waals surface area contributed by atoms with Crippen LogP contribution in [0.4, 0.5) is 13.2 Å². The summed E-state index contributed by atoms with van der Waals surface area (Å²) < 4.78 is 85.5. The fourth-order valence-electron chi connectivity index (χ4n) is 7.87. The van der Waals surface area contributed by atoms with Crippen molar-refractivity contribution in [3.05, 3.63) is 54.1 Å². The van der Waals surface area contributed by atoms with Crippen molar-refractivity contribution in [2.24, 2.45) is 23.5 Å². The summed E-state index contributed by atoms with van der Waals surface area (Å²) in [6, 6.07) is 3.49. The number of alkyl halides is 2. The number of carbonyl (C=O) groups excluding carboxylic acids is 3. The summed E-state index contributed by atoms with van der Waals surface area (Å²) in [5.74, 6) is -2.68. The number of nitrogens with two attached hydrogens (primary N) is 1. The highest BCUT2D eigenvalue weighted by atomic mass is 32.2. The van der Waals surface area contributed by atoms with Gasteiger partial charge in [0.1, 0.15) is 41.8 Å². The number of sulfonamides is 1. The molecular weight excluding hydrogens is 848 g/mol. The van der Waals surface area contributed by atoms with E-state index in [4.69, 9.17) is 19.9 Å². The number of aliphatic hydroxyl groups excluding tert-OH is 1. The first-order chi connectivity index (χ1) is 29.9. The fraction of sp³-hybridized carbons (Fsp3) is 0.605. The number of primary amides is 1. The molecule has 2 saturated carbocycles. The second kappa shape index (κ2) is 20.3. The standard InChI is InChI=1S/C43H58F3N7O9S/c1-25(2)62-36-21-34(28-13-14-30(44)38(60-4)37(28)49-36)61-24-26-19-33(39(47)54)53(22-26)42(57)32(48-41(56)31-15-18-52(50-31)23-35(45)46)12-10-8-6-5-7-9-11-27-20-29(27)40(55)51-63(58,59)43(3)16-17-43/h9,11,13-15,18,21,25-27,29,32-33,35,40,51,55H,5-8,10,12,16-17,19-20,22-24H2,1-4H3,(H2,47,54)(H,48,56)/b11-9-. The Morgan fingerprint density at radius 1 is 1.11 bits per heavy atom. The quantitative estimate of drug-likeness (QED) is 0.0542.